The molecule has 4 aromatic rings. The van der Waals surface area contributed by atoms with Crippen molar-refractivity contribution in [3.63, 3.8) is 0 Å². The van der Waals surface area contributed by atoms with Gasteiger partial charge in [0.15, 0.2) is 0 Å². The molecule has 0 amide bonds. The van der Waals surface area contributed by atoms with Gasteiger partial charge in [0, 0.05) is 10.9 Å². The Labute approximate surface area is 132 Å². The number of aromatic hydroxyl groups is 1. The minimum absolute atomic E-state index is 0.135. The van der Waals surface area contributed by atoms with Crippen molar-refractivity contribution < 1.29 is 22.7 Å². The average Bonchev–Trinajstić information content (AvgIpc) is 2.89. The standard InChI is InChI=1S/C17H9F3N2O2/c18-17(19,20)7-1-3-10-11(5-7)22-16(21-10)14-13-9-6-8(23)2-4-12(9)24-15(13)14/h1-6,14,23H,(H,21,22). The fourth-order valence-electron chi connectivity index (χ4n) is 3.14. The van der Waals surface area contributed by atoms with Gasteiger partial charge in [0.05, 0.1) is 16.6 Å². The van der Waals surface area contributed by atoms with Crippen molar-refractivity contribution in [3.05, 3.63) is 59.1 Å². The van der Waals surface area contributed by atoms with Crippen LogP contribution in [0.1, 0.15) is 28.6 Å². The molecule has 0 fully saturated rings. The third kappa shape index (κ3) is 1.78. The zero-order valence-electron chi connectivity index (χ0n) is 12.0. The second-order valence-corrected chi connectivity index (χ2v) is 5.85. The number of H-pyrrole nitrogens is 1. The Morgan fingerprint density at radius 2 is 1.96 bits per heavy atom. The molecule has 1 atom stereocenters. The number of aromatic amines is 1. The fraction of sp³-hybridized carbons (Fsp3) is 0.118. The van der Waals surface area contributed by atoms with Crippen LogP contribution in [-0.4, -0.2) is 15.1 Å². The third-order valence-corrected chi connectivity index (χ3v) is 4.31. The first-order valence-electron chi connectivity index (χ1n) is 7.24. The highest BCUT2D eigenvalue weighted by atomic mass is 19.4. The molecule has 5 rings (SSSR count). The topological polar surface area (TPSA) is 62.1 Å². The first-order valence-corrected chi connectivity index (χ1v) is 7.24. The summed E-state index contributed by atoms with van der Waals surface area (Å²) in [6.07, 6.45) is -4.39. The van der Waals surface area contributed by atoms with E-state index in [-0.39, 0.29) is 11.7 Å². The number of benzene rings is 2. The van der Waals surface area contributed by atoms with E-state index in [9.17, 15) is 18.3 Å². The van der Waals surface area contributed by atoms with Gasteiger partial charge in [-0.25, -0.2) is 4.98 Å². The Balaban J connectivity index is 1.58. The SMILES string of the molecule is Oc1ccc2oc3c(c2c1)C3c1nc2ccc(C(F)(F)F)cc2[nH]1. The second kappa shape index (κ2) is 4.11. The molecular formula is C17H9F3N2O2. The molecule has 2 aromatic heterocycles. The number of halogens is 3. The Morgan fingerprint density at radius 1 is 1.12 bits per heavy atom. The number of phenolic OH excluding ortho intramolecular Hbond substituents is 1. The lowest BCUT2D eigenvalue weighted by molar-refractivity contribution is -0.137. The summed E-state index contributed by atoms with van der Waals surface area (Å²) in [5, 5.41) is 10.4. The number of imidazole rings is 1. The molecule has 120 valence electrons. The largest absolute Gasteiger partial charge is 0.508 e. The van der Waals surface area contributed by atoms with Gasteiger partial charge in [-0.3, -0.25) is 0 Å². The van der Waals surface area contributed by atoms with Gasteiger partial charge in [0.1, 0.15) is 28.8 Å². The monoisotopic (exact) mass is 330 g/mol. The summed E-state index contributed by atoms with van der Waals surface area (Å²) >= 11 is 0. The number of fused-ring (bicyclic) bond motifs is 4. The molecule has 0 bridgehead atoms. The normalized spacial score (nSPS) is 16.7. The summed E-state index contributed by atoms with van der Waals surface area (Å²) in [6.45, 7) is 0. The van der Waals surface area contributed by atoms with Crippen molar-refractivity contribution in [3.8, 4) is 5.75 Å². The highest BCUT2D eigenvalue weighted by Gasteiger charge is 2.44. The van der Waals surface area contributed by atoms with Crippen LogP contribution < -0.4 is 0 Å². The van der Waals surface area contributed by atoms with Gasteiger partial charge in [0.2, 0.25) is 0 Å². The molecule has 1 aliphatic rings. The van der Waals surface area contributed by atoms with Crippen LogP contribution in [-0.2, 0) is 6.18 Å². The minimum atomic E-state index is -4.39. The lowest BCUT2D eigenvalue weighted by Crippen LogP contribution is -2.04. The molecule has 0 aliphatic heterocycles. The van der Waals surface area contributed by atoms with Crippen LogP contribution in [0.5, 0.6) is 5.75 Å². The van der Waals surface area contributed by atoms with E-state index >= 15 is 0 Å². The van der Waals surface area contributed by atoms with Gasteiger partial charge >= 0.3 is 6.18 Å². The van der Waals surface area contributed by atoms with Crippen molar-refractivity contribution in [1.82, 2.24) is 9.97 Å². The van der Waals surface area contributed by atoms with Crippen molar-refractivity contribution in [2.45, 2.75) is 12.1 Å². The highest BCUT2D eigenvalue weighted by Crippen LogP contribution is 2.54. The fourth-order valence-corrected chi connectivity index (χ4v) is 3.14. The van der Waals surface area contributed by atoms with Crippen LogP contribution in [0.4, 0.5) is 13.2 Å². The number of furan rings is 1. The van der Waals surface area contributed by atoms with Crippen molar-refractivity contribution in [2.75, 3.05) is 0 Å². The number of hydrogen-bond donors (Lipinski definition) is 2. The summed E-state index contributed by atoms with van der Waals surface area (Å²) in [5.74, 6) is 1.21. The molecule has 0 radical (unpaired) electrons. The van der Waals surface area contributed by atoms with E-state index in [1.54, 1.807) is 18.2 Å². The zero-order valence-corrected chi connectivity index (χ0v) is 12.0. The minimum Gasteiger partial charge on any atom is -0.508 e. The van der Waals surface area contributed by atoms with Crippen molar-refractivity contribution in [2.24, 2.45) is 0 Å². The maximum Gasteiger partial charge on any atom is 0.416 e. The summed E-state index contributed by atoms with van der Waals surface area (Å²) in [7, 11) is 0. The van der Waals surface area contributed by atoms with Gasteiger partial charge < -0.3 is 14.5 Å². The highest BCUT2D eigenvalue weighted by molar-refractivity contribution is 5.91. The average molecular weight is 330 g/mol. The van der Waals surface area contributed by atoms with Gasteiger partial charge in [-0.05, 0) is 36.4 Å². The number of aromatic nitrogens is 2. The van der Waals surface area contributed by atoms with E-state index in [1.807, 2.05) is 0 Å². The maximum absolute atomic E-state index is 12.8. The molecule has 24 heavy (non-hydrogen) atoms. The first-order chi connectivity index (χ1) is 11.4. The van der Waals surface area contributed by atoms with E-state index in [4.69, 9.17) is 4.42 Å². The molecule has 1 unspecified atom stereocenters. The molecule has 1 aliphatic carbocycles. The molecule has 2 aromatic carbocycles. The summed E-state index contributed by atoms with van der Waals surface area (Å²) in [4.78, 5) is 7.32. The number of nitrogens with one attached hydrogen (secondary N) is 1. The van der Waals surface area contributed by atoms with Gasteiger partial charge in [-0.15, -0.1) is 0 Å². The van der Waals surface area contributed by atoms with E-state index in [1.165, 1.54) is 6.07 Å². The van der Waals surface area contributed by atoms with Crippen molar-refractivity contribution in [1.29, 1.82) is 0 Å². The Kier molecular flexibility index (Phi) is 2.31. The molecule has 0 saturated heterocycles. The molecule has 2 heterocycles. The molecule has 7 heteroatoms. The van der Waals surface area contributed by atoms with Gasteiger partial charge in [0.25, 0.3) is 0 Å². The Hall–Kier alpha value is -2.96. The van der Waals surface area contributed by atoms with E-state index in [2.05, 4.69) is 9.97 Å². The predicted molar refractivity (Wildman–Crippen MR) is 79.9 cm³/mol. The van der Waals surface area contributed by atoms with Crippen LogP contribution in [0, 0.1) is 0 Å². The van der Waals surface area contributed by atoms with Crippen LogP contribution in [0.3, 0.4) is 0 Å². The van der Waals surface area contributed by atoms with Crippen LogP contribution >= 0.6 is 0 Å². The number of hydrogen-bond acceptors (Lipinski definition) is 3. The summed E-state index contributed by atoms with van der Waals surface area (Å²) < 4.78 is 44.1. The first kappa shape index (κ1) is 13.5. The van der Waals surface area contributed by atoms with E-state index < -0.39 is 11.7 Å². The number of rotatable bonds is 1. The molecule has 0 spiro atoms. The lowest BCUT2D eigenvalue weighted by Gasteiger charge is -2.05. The smallest absolute Gasteiger partial charge is 0.416 e. The molecule has 0 saturated carbocycles. The van der Waals surface area contributed by atoms with Crippen LogP contribution in [0.15, 0.2) is 40.8 Å². The third-order valence-electron chi connectivity index (χ3n) is 4.31. The van der Waals surface area contributed by atoms with E-state index in [0.29, 0.717) is 22.4 Å². The molecular weight excluding hydrogens is 321 g/mol. The van der Waals surface area contributed by atoms with E-state index in [0.717, 1.165) is 28.8 Å². The van der Waals surface area contributed by atoms with Crippen LogP contribution in [0.2, 0.25) is 0 Å². The Bertz CT molecular complexity index is 1120. The number of nitrogens with zero attached hydrogens (tertiary/aromatic N) is 1. The van der Waals surface area contributed by atoms with Crippen molar-refractivity contribution >= 4 is 22.0 Å². The Morgan fingerprint density at radius 3 is 2.75 bits per heavy atom. The second-order valence-electron chi connectivity index (χ2n) is 5.85. The zero-order chi connectivity index (χ0) is 16.6. The van der Waals surface area contributed by atoms with Crippen LogP contribution in [0.25, 0.3) is 22.0 Å². The maximum atomic E-state index is 12.8. The number of phenols is 1. The predicted octanol–water partition coefficient (Wildman–Crippen LogP) is 4.53. The summed E-state index contributed by atoms with van der Waals surface area (Å²) in [6, 6.07) is 8.26. The lowest BCUT2D eigenvalue weighted by atomic mass is 10.2. The number of alkyl halides is 3. The van der Waals surface area contributed by atoms with Gasteiger partial charge in [-0.2, -0.15) is 13.2 Å². The molecule has 4 nitrogen and oxygen atoms in total. The van der Waals surface area contributed by atoms with Gasteiger partial charge in [-0.1, -0.05) is 0 Å². The molecule has 2 N–H and O–H groups in total. The quantitative estimate of drug-likeness (QED) is 0.475. The summed E-state index contributed by atoms with van der Waals surface area (Å²) in [5.41, 5.74) is 1.68.